The number of rotatable bonds is 7. The van der Waals surface area contributed by atoms with Crippen LogP contribution in [0.3, 0.4) is 0 Å². The van der Waals surface area contributed by atoms with Crippen molar-refractivity contribution in [2.45, 2.75) is 24.2 Å². The molecule has 0 saturated carbocycles. The molecule has 1 aliphatic heterocycles. The third-order valence-corrected chi connectivity index (χ3v) is 4.71. The Morgan fingerprint density at radius 3 is 2.89 bits per heavy atom. The molecule has 0 spiro atoms. The van der Waals surface area contributed by atoms with Gasteiger partial charge in [0.25, 0.3) is 0 Å². The fourth-order valence-electron chi connectivity index (χ4n) is 2.44. The number of carbonyl (C=O) groups is 1. The van der Waals surface area contributed by atoms with E-state index in [2.05, 4.69) is 29.2 Å². The molecule has 1 aliphatic rings. The first kappa shape index (κ1) is 14.4. The first-order chi connectivity index (χ1) is 9.24. The Hall–Kier alpha value is -1.00. The molecule has 4 heteroatoms. The van der Waals surface area contributed by atoms with Crippen LogP contribution in [0.25, 0.3) is 0 Å². The molecule has 1 N–H and O–H groups in total. The van der Waals surface area contributed by atoms with Gasteiger partial charge in [0.2, 0.25) is 0 Å². The summed E-state index contributed by atoms with van der Waals surface area (Å²) in [4.78, 5) is 14.2. The number of hydrogen-bond donors (Lipinski definition) is 1. The van der Waals surface area contributed by atoms with Gasteiger partial charge in [-0.3, -0.25) is 4.79 Å². The summed E-state index contributed by atoms with van der Waals surface area (Å²) in [7, 11) is 0. The minimum Gasteiger partial charge on any atom is -0.481 e. The second-order valence-electron chi connectivity index (χ2n) is 5.08. The molecule has 0 amide bonds. The number of aliphatic carboxylic acids is 1. The van der Waals surface area contributed by atoms with E-state index in [4.69, 9.17) is 5.11 Å². The number of likely N-dealkylation sites (tertiary alicyclic amines) is 1. The minimum atomic E-state index is -0.685. The highest BCUT2D eigenvalue weighted by atomic mass is 32.2. The van der Waals surface area contributed by atoms with Gasteiger partial charge in [0.05, 0.1) is 0 Å². The van der Waals surface area contributed by atoms with Gasteiger partial charge in [0, 0.05) is 23.6 Å². The maximum atomic E-state index is 10.5. The molecule has 2 rings (SSSR count). The average molecular weight is 279 g/mol. The van der Waals surface area contributed by atoms with Crippen LogP contribution in [0.4, 0.5) is 0 Å². The third-order valence-electron chi connectivity index (χ3n) is 3.46. The summed E-state index contributed by atoms with van der Waals surface area (Å²) >= 11 is 1.93. The lowest BCUT2D eigenvalue weighted by Crippen LogP contribution is -2.22. The molecule has 0 radical (unpaired) electrons. The van der Waals surface area contributed by atoms with Crippen LogP contribution in [0.5, 0.6) is 0 Å². The van der Waals surface area contributed by atoms with Crippen LogP contribution in [-0.2, 0) is 4.79 Å². The normalized spacial score (nSPS) is 19.7. The Kier molecular flexibility index (Phi) is 5.73. The van der Waals surface area contributed by atoms with Crippen molar-refractivity contribution in [2.24, 2.45) is 5.92 Å². The standard InChI is InChI=1S/C15H21NO2S/c17-15(18)7-4-9-16-10-8-13(11-16)12-19-14-5-2-1-3-6-14/h1-3,5-6,13H,4,7-12H2,(H,17,18). The topological polar surface area (TPSA) is 40.5 Å². The Bertz CT molecular complexity index is 396. The molecular formula is C15H21NO2S. The van der Waals surface area contributed by atoms with Gasteiger partial charge in [-0.1, -0.05) is 18.2 Å². The highest BCUT2D eigenvalue weighted by molar-refractivity contribution is 7.99. The number of nitrogens with zero attached hydrogens (tertiary/aromatic N) is 1. The first-order valence-corrected chi connectivity index (χ1v) is 7.84. The fraction of sp³-hybridized carbons (Fsp3) is 0.533. The smallest absolute Gasteiger partial charge is 0.303 e. The molecule has 1 fully saturated rings. The van der Waals surface area contributed by atoms with Gasteiger partial charge in [-0.2, -0.15) is 0 Å². The highest BCUT2D eigenvalue weighted by Gasteiger charge is 2.22. The Labute approximate surface area is 119 Å². The lowest BCUT2D eigenvalue weighted by molar-refractivity contribution is -0.137. The zero-order valence-corrected chi connectivity index (χ0v) is 11.9. The number of carboxylic acids is 1. The lowest BCUT2D eigenvalue weighted by Gasteiger charge is -2.15. The van der Waals surface area contributed by atoms with E-state index in [0.717, 1.165) is 32.0 Å². The van der Waals surface area contributed by atoms with Crippen LogP contribution in [0, 0.1) is 5.92 Å². The largest absolute Gasteiger partial charge is 0.481 e. The van der Waals surface area contributed by atoms with Gasteiger partial charge in [-0.05, 0) is 44.0 Å². The maximum absolute atomic E-state index is 10.5. The third kappa shape index (κ3) is 5.25. The minimum absolute atomic E-state index is 0.292. The molecule has 0 aromatic heterocycles. The second-order valence-corrected chi connectivity index (χ2v) is 6.17. The molecule has 1 saturated heterocycles. The van der Waals surface area contributed by atoms with Crippen molar-refractivity contribution < 1.29 is 9.90 Å². The van der Waals surface area contributed by atoms with Crippen LogP contribution in [-0.4, -0.2) is 41.4 Å². The molecule has 19 heavy (non-hydrogen) atoms. The Morgan fingerprint density at radius 2 is 2.16 bits per heavy atom. The van der Waals surface area contributed by atoms with Gasteiger partial charge in [0.15, 0.2) is 0 Å². The average Bonchev–Trinajstić information content (AvgIpc) is 2.85. The zero-order valence-electron chi connectivity index (χ0n) is 11.1. The van der Waals surface area contributed by atoms with E-state index in [0.29, 0.717) is 6.42 Å². The summed E-state index contributed by atoms with van der Waals surface area (Å²) in [5.74, 6) is 1.23. The lowest BCUT2D eigenvalue weighted by atomic mass is 10.2. The van der Waals surface area contributed by atoms with Gasteiger partial charge in [0.1, 0.15) is 0 Å². The number of carboxylic acid groups (broad SMARTS) is 1. The quantitative estimate of drug-likeness (QED) is 0.779. The van der Waals surface area contributed by atoms with Crippen molar-refractivity contribution in [1.82, 2.24) is 4.90 Å². The van der Waals surface area contributed by atoms with Crippen molar-refractivity contribution in [3.63, 3.8) is 0 Å². The summed E-state index contributed by atoms with van der Waals surface area (Å²) in [5, 5.41) is 8.63. The molecule has 1 unspecified atom stereocenters. The number of benzene rings is 1. The van der Waals surface area contributed by atoms with E-state index in [1.807, 2.05) is 17.8 Å². The van der Waals surface area contributed by atoms with Gasteiger partial charge < -0.3 is 10.0 Å². The van der Waals surface area contributed by atoms with Crippen molar-refractivity contribution in [1.29, 1.82) is 0 Å². The maximum Gasteiger partial charge on any atom is 0.303 e. The fourth-order valence-corrected chi connectivity index (χ4v) is 3.49. The second kappa shape index (κ2) is 7.56. The summed E-state index contributed by atoms with van der Waals surface area (Å²) in [6, 6.07) is 10.5. The van der Waals surface area contributed by atoms with Crippen LogP contribution in [0.1, 0.15) is 19.3 Å². The molecule has 1 aromatic rings. The van der Waals surface area contributed by atoms with E-state index >= 15 is 0 Å². The van der Waals surface area contributed by atoms with Crippen LogP contribution >= 0.6 is 11.8 Å². The van der Waals surface area contributed by atoms with E-state index in [1.165, 1.54) is 17.1 Å². The molecule has 1 atom stereocenters. The number of thioether (sulfide) groups is 1. The predicted molar refractivity (Wildman–Crippen MR) is 78.6 cm³/mol. The van der Waals surface area contributed by atoms with Gasteiger partial charge >= 0.3 is 5.97 Å². The predicted octanol–water partition coefficient (Wildman–Crippen LogP) is 2.97. The molecule has 0 bridgehead atoms. The van der Waals surface area contributed by atoms with E-state index in [1.54, 1.807) is 0 Å². The first-order valence-electron chi connectivity index (χ1n) is 6.86. The molecule has 1 aromatic carbocycles. The molecular weight excluding hydrogens is 258 g/mol. The van der Waals surface area contributed by atoms with E-state index in [9.17, 15) is 4.79 Å². The summed E-state index contributed by atoms with van der Waals surface area (Å²) < 4.78 is 0. The van der Waals surface area contributed by atoms with Gasteiger partial charge in [-0.15, -0.1) is 11.8 Å². The van der Waals surface area contributed by atoms with Crippen molar-refractivity contribution in [3.05, 3.63) is 30.3 Å². The van der Waals surface area contributed by atoms with Crippen LogP contribution < -0.4 is 0 Å². The van der Waals surface area contributed by atoms with Crippen LogP contribution in [0.2, 0.25) is 0 Å². The summed E-state index contributed by atoms with van der Waals surface area (Å²) in [5.41, 5.74) is 0. The summed E-state index contributed by atoms with van der Waals surface area (Å²) in [6.07, 6.45) is 2.31. The Balaban J connectivity index is 1.63. The number of hydrogen-bond acceptors (Lipinski definition) is 3. The van der Waals surface area contributed by atoms with E-state index in [-0.39, 0.29) is 0 Å². The van der Waals surface area contributed by atoms with Crippen LogP contribution in [0.15, 0.2) is 35.2 Å². The van der Waals surface area contributed by atoms with Crippen molar-refractivity contribution in [2.75, 3.05) is 25.4 Å². The SMILES string of the molecule is O=C(O)CCCN1CCC(CSc2ccccc2)C1. The molecule has 104 valence electrons. The zero-order chi connectivity index (χ0) is 13.5. The molecule has 1 heterocycles. The summed E-state index contributed by atoms with van der Waals surface area (Å²) in [6.45, 7) is 3.18. The van der Waals surface area contributed by atoms with E-state index < -0.39 is 5.97 Å². The highest BCUT2D eigenvalue weighted by Crippen LogP contribution is 2.25. The van der Waals surface area contributed by atoms with Gasteiger partial charge in [-0.25, -0.2) is 0 Å². The van der Waals surface area contributed by atoms with Crippen molar-refractivity contribution >= 4 is 17.7 Å². The van der Waals surface area contributed by atoms with Crippen molar-refractivity contribution in [3.8, 4) is 0 Å². The molecule has 3 nitrogen and oxygen atoms in total. The Morgan fingerprint density at radius 1 is 1.37 bits per heavy atom. The molecule has 0 aliphatic carbocycles. The monoisotopic (exact) mass is 279 g/mol.